The number of hydrogen-bond acceptors (Lipinski definition) is 5. The Kier molecular flexibility index (Phi) is 3.83. The molecule has 1 aliphatic rings. The molecule has 0 saturated carbocycles. The zero-order chi connectivity index (χ0) is 15.7. The Hall–Kier alpha value is -2.58. The van der Waals surface area contributed by atoms with E-state index in [0.29, 0.717) is 6.07 Å². The summed E-state index contributed by atoms with van der Waals surface area (Å²) in [6.45, 7) is 0. The van der Waals surface area contributed by atoms with Crippen molar-refractivity contribution in [2.75, 3.05) is 12.4 Å². The molecule has 2 rings (SSSR count). The van der Waals surface area contributed by atoms with E-state index in [-0.39, 0.29) is 18.7 Å². The molecule has 1 atom stereocenters. The molecule has 7 nitrogen and oxygen atoms in total. The lowest BCUT2D eigenvalue weighted by molar-refractivity contribution is -0.386. The van der Waals surface area contributed by atoms with Crippen LogP contribution in [0.3, 0.4) is 0 Å². The Morgan fingerprint density at radius 1 is 1.38 bits per heavy atom. The molecule has 0 spiro atoms. The molecule has 1 aliphatic heterocycles. The third-order valence-electron chi connectivity index (χ3n) is 3.19. The number of anilines is 1. The van der Waals surface area contributed by atoms with Crippen LogP contribution in [0.2, 0.25) is 0 Å². The molecule has 0 radical (unpaired) electrons. The van der Waals surface area contributed by atoms with Crippen molar-refractivity contribution >= 4 is 23.2 Å². The summed E-state index contributed by atoms with van der Waals surface area (Å²) in [7, 11) is 1.28. The minimum atomic E-state index is -1.34. The number of imide groups is 1. The Labute approximate surface area is 117 Å². The van der Waals surface area contributed by atoms with E-state index >= 15 is 0 Å². The number of nitro groups is 1. The lowest BCUT2D eigenvalue weighted by atomic mass is 10.0. The highest BCUT2D eigenvalue weighted by Gasteiger charge is 2.33. The SMILES string of the molecule is CN1C(=O)CCC(Nc2cc(F)cc(F)c2[N+](=O)[O-])C1=O. The van der Waals surface area contributed by atoms with Gasteiger partial charge in [0.2, 0.25) is 11.7 Å². The average molecular weight is 299 g/mol. The first-order valence-corrected chi connectivity index (χ1v) is 6.01. The number of amides is 2. The van der Waals surface area contributed by atoms with Gasteiger partial charge in [-0.1, -0.05) is 0 Å². The molecule has 1 heterocycles. The number of carbonyl (C=O) groups excluding carboxylic acids is 2. The summed E-state index contributed by atoms with van der Waals surface area (Å²) in [5, 5.41) is 13.3. The lowest BCUT2D eigenvalue weighted by Crippen LogP contribution is -2.48. The summed E-state index contributed by atoms with van der Waals surface area (Å²) >= 11 is 0. The van der Waals surface area contributed by atoms with Gasteiger partial charge in [0.05, 0.1) is 4.92 Å². The first kappa shape index (κ1) is 14.8. The smallest absolute Gasteiger partial charge is 0.327 e. The summed E-state index contributed by atoms with van der Waals surface area (Å²) in [5.41, 5.74) is -1.37. The van der Waals surface area contributed by atoms with Crippen molar-refractivity contribution in [1.82, 2.24) is 4.90 Å². The Bertz CT molecular complexity index is 635. The monoisotopic (exact) mass is 299 g/mol. The van der Waals surface area contributed by atoms with Crippen molar-refractivity contribution in [1.29, 1.82) is 0 Å². The van der Waals surface area contributed by atoms with Crippen LogP contribution >= 0.6 is 0 Å². The predicted molar refractivity (Wildman–Crippen MR) is 67.4 cm³/mol. The van der Waals surface area contributed by atoms with Crippen molar-refractivity contribution in [2.45, 2.75) is 18.9 Å². The number of piperidine rings is 1. The van der Waals surface area contributed by atoms with Gasteiger partial charge in [-0.3, -0.25) is 24.6 Å². The van der Waals surface area contributed by atoms with Crippen LogP contribution in [-0.4, -0.2) is 34.7 Å². The molecule has 1 N–H and O–H groups in total. The maximum absolute atomic E-state index is 13.5. The first-order chi connectivity index (χ1) is 9.81. The van der Waals surface area contributed by atoms with Crippen molar-refractivity contribution < 1.29 is 23.3 Å². The number of likely N-dealkylation sites (N-methyl/N-ethyl adjacent to an activating group) is 1. The highest BCUT2D eigenvalue weighted by molar-refractivity contribution is 6.01. The number of nitrogens with one attached hydrogen (secondary N) is 1. The minimum Gasteiger partial charge on any atom is -0.368 e. The zero-order valence-electron chi connectivity index (χ0n) is 10.9. The summed E-state index contributed by atoms with van der Waals surface area (Å²) < 4.78 is 26.7. The standard InChI is InChI=1S/C12H11F2N3O4/c1-16-10(18)3-2-8(12(16)19)15-9-5-6(13)4-7(14)11(9)17(20)21/h4-5,8,15H,2-3H2,1H3. The third-order valence-corrected chi connectivity index (χ3v) is 3.19. The van der Waals surface area contributed by atoms with Crippen molar-refractivity contribution in [2.24, 2.45) is 0 Å². The summed E-state index contributed by atoms with van der Waals surface area (Å²) in [5.74, 6) is -3.33. The fraction of sp³-hybridized carbons (Fsp3) is 0.333. The quantitative estimate of drug-likeness (QED) is 0.518. The van der Waals surface area contributed by atoms with Crippen LogP contribution in [0, 0.1) is 21.7 Å². The Morgan fingerprint density at radius 2 is 2.05 bits per heavy atom. The fourth-order valence-corrected chi connectivity index (χ4v) is 2.10. The number of rotatable bonds is 3. The second kappa shape index (κ2) is 5.43. The van der Waals surface area contributed by atoms with Gasteiger partial charge < -0.3 is 5.32 Å². The second-order valence-electron chi connectivity index (χ2n) is 4.57. The Balaban J connectivity index is 2.33. The molecule has 1 aromatic rings. The van der Waals surface area contributed by atoms with E-state index in [1.165, 1.54) is 7.05 Å². The van der Waals surface area contributed by atoms with Gasteiger partial charge in [0.1, 0.15) is 17.5 Å². The maximum Gasteiger partial charge on any atom is 0.327 e. The normalized spacial score (nSPS) is 18.8. The molecule has 9 heteroatoms. The molecule has 1 unspecified atom stereocenters. The molecule has 1 saturated heterocycles. The molecular weight excluding hydrogens is 288 g/mol. The number of nitro benzene ring substituents is 1. The van der Waals surface area contributed by atoms with Crippen molar-refractivity contribution in [3.05, 3.63) is 33.9 Å². The lowest BCUT2D eigenvalue weighted by Gasteiger charge is -2.28. The van der Waals surface area contributed by atoms with Crippen molar-refractivity contribution in [3.8, 4) is 0 Å². The van der Waals surface area contributed by atoms with E-state index in [1.54, 1.807) is 0 Å². The van der Waals surface area contributed by atoms with Crippen molar-refractivity contribution in [3.63, 3.8) is 0 Å². The van der Waals surface area contributed by atoms with Crippen LogP contribution in [0.4, 0.5) is 20.2 Å². The van der Waals surface area contributed by atoms with Crippen LogP contribution in [0.25, 0.3) is 0 Å². The van der Waals surface area contributed by atoms with Crippen LogP contribution in [0.1, 0.15) is 12.8 Å². The van der Waals surface area contributed by atoms with Gasteiger partial charge in [-0.25, -0.2) is 4.39 Å². The van der Waals surface area contributed by atoms with Crippen LogP contribution in [0.5, 0.6) is 0 Å². The molecule has 0 bridgehead atoms. The number of hydrogen-bond donors (Lipinski definition) is 1. The number of halogens is 2. The van der Waals surface area contributed by atoms with Gasteiger partial charge in [-0.2, -0.15) is 4.39 Å². The molecule has 112 valence electrons. The van der Waals surface area contributed by atoms with E-state index in [4.69, 9.17) is 0 Å². The van der Waals surface area contributed by atoms with Crippen LogP contribution < -0.4 is 5.32 Å². The molecule has 1 fully saturated rings. The number of nitrogens with zero attached hydrogens (tertiary/aromatic N) is 2. The van der Waals surface area contributed by atoms with E-state index in [2.05, 4.69) is 5.32 Å². The van der Waals surface area contributed by atoms with Gasteiger partial charge in [0.15, 0.2) is 0 Å². The number of carbonyl (C=O) groups is 2. The first-order valence-electron chi connectivity index (χ1n) is 6.01. The van der Waals surface area contributed by atoms with E-state index in [0.717, 1.165) is 11.0 Å². The molecule has 0 aromatic heterocycles. The fourth-order valence-electron chi connectivity index (χ4n) is 2.10. The van der Waals surface area contributed by atoms with Gasteiger partial charge in [-0.05, 0) is 6.42 Å². The summed E-state index contributed by atoms with van der Waals surface area (Å²) in [4.78, 5) is 33.9. The zero-order valence-corrected chi connectivity index (χ0v) is 10.9. The molecule has 2 amide bonds. The number of likely N-dealkylation sites (tertiary alicyclic amines) is 1. The minimum absolute atomic E-state index is 0.0610. The van der Waals surface area contributed by atoms with Crippen LogP contribution in [0.15, 0.2) is 12.1 Å². The van der Waals surface area contributed by atoms with Gasteiger partial charge in [0.25, 0.3) is 5.91 Å². The predicted octanol–water partition coefficient (Wildman–Crippen LogP) is 1.43. The molecule has 0 aliphatic carbocycles. The Morgan fingerprint density at radius 3 is 2.67 bits per heavy atom. The van der Waals surface area contributed by atoms with Gasteiger partial charge >= 0.3 is 5.69 Å². The third kappa shape index (κ3) is 2.81. The highest BCUT2D eigenvalue weighted by atomic mass is 19.1. The molecule has 1 aromatic carbocycles. The van der Waals surface area contributed by atoms with Crippen LogP contribution in [-0.2, 0) is 9.59 Å². The summed E-state index contributed by atoms with van der Waals surface area (Å²) in [6, 6.07) is 0.180. The topological polar surface area (TPSA) is 92.6 Å². The highest BCUT2D eigenvalue weighted by Crippen LogP contribution is 2.30. The number of benzene rings is 1. The molecule has 21 heavy (non-hydrogen) atoms. The molecular formula is C12H11F2N3O4. The van der Waals surface area contributed by atoms with E-state index in [1.807, 2.05) is 0 Å². The second-order valence-corrected chi connectivity index (χ2v) is 4.57. The largest absolute Gasteiger partial charge is 0.368 e. The van der Waals surface area contributed by atoms with E-state index in [9.17, 15) is 28.5 Å². The average Bonchev–Trinajstić information content (AvgIpc) is 2.38. The van der Waals surface area contributed by atoms with Gasteiger partial charge in [0, 0.05) is 25.6 Å². The van der Waals surface area contributed by atoms with Gasteiger partial charge in [-0.15, -0.1) is 0 Å². The van der Waals surface area contributed by atoms with E-state index < -0.39 is 39.9 Å². The summed E-state index contributed by atoms with van der Waals surface area (Å²) in [6.07, 6.45) is 0.156. The maximum atomic E-state index is 13.5.